The fraction of sp³-hybridized carbons (Fsp3) is 0.188. The second-order valence-corrected chi connectivity index (χ2v) is 6.26. The van der Waals surface area contributed by atoms with Crippen molar-refractivity contribution in [2.45, 2.75) is 20.4 Å². The molecule has 0 unspecified atom stereocenters. The molecule has 7 heteroatoms. The van der Waals surface area contributed by atoms with E-state index in [-0.39, 0.29) is 11.3 Å². The quantitative estimate of drug-likeness (QED) is 0.774. The summed E-state index contributed by atoms with van der Waals surface area (Å²) in [4.78, 5) is 30.0. The number of aromatic nitrogens is 2. The second kappa shape index (κ2) is 5.85. The van der Waals surface area contributed by atoms with Crippen LogP contribution in [-0.4, -0.2) is 20.6 Å². The Morgan fingerprint density at radius 3 is 2.78 bits per heavy atom. The average Bonchev–Trinajstić information content (AvgIpc) is 2.93. The monoisotopic (exact) mass is 329 g/mol. The Morgan fingerprint density at radius 2 is 2.13 bits per heavy atom. The zero-order valence-electron chi connectivity index (χ0n) is 12.7. The van der Waals surface area contributed by atoms with Crippen LogP contribution in [0.5, 0.6) is 5.75 Å². The van der Waals surface area contributed by atoms with Gasteiger partial charge in [-0.15, -0.1) is 11.3 Å². The maximum Gasteiger partial charge on any atom is 0.267 e. The van der Waals surface area contributed by atoms with Gasteiger partial charge < -0.3 is 9.67 Å². The van der Waals surface area contributed by atoms with E-state index in [1.807, 2.05) is 13.8 Å². The van der Waals surface area contributed by atoms with E-state index in [2.05, 4.69) is 10.3 Å². The van der Waals surface area contributed by atoms with E-state index in [0.717, 1.165) is 4.88 Å². The summed E-state index contributed by atoms with van der Waals surface area (Å²) in [6, 6.07) is 6.95. The summed E-state index contributed by atoms with van der Waals surface area (Å²) < 4.78 is 1.47. The van der Waals surface area contributed by atoms with E-state index in [1.54, 1.807) is 30.5 Å². The van der Waals surface area contributed by atoms with Crippen LogP contribution in [0.25, 0.3) is 10.9 Å². The van der Waals surface area contributed by atoms with E-state index in [0.29, 0.717) is 22.6 Å². The second-order valence-electron chi connectivity index (χ2n) is 5.02. The Labute approximate surface area is 136 Å². The summed E-state index contributed by atoms with van der Waals surface area (Å²) in [5.41, 5.74) is -0.188. The van der Waals surface area contributed by atoms with Crippen LogP contribution >= 0.6 is 11.3 Å². The Kier molecular flexibility index (Phi) is 3.87. The van der Waals surface area contributed by atoms with Gasteiger partial charge in [0.2, 0.25) is 0 Å². The van der Waals surface area contributed by atoms with Crippen molar-refractivity contribution in [2.24, 2.45) is 0 Å². The van der Waals surface area contributed by atoms with Crippen molar-refractivity contribution >= 4 is 33.3 Å². The number of benzene rings is 1. The molecule has 0 aliphatic rings. The summed E-state index contributed by atoms with van der Waals surface area (Å²) >= 11 is 1.30. The molecule has 118 valence electrons. The SMILES string of the molecule is CCn1c(=O)c(C(=O)Nc2ncc(C)s2)c(O)c2ccccc21. The fourth-order valence-electron chi connectivity index (χ4n) is 2.48. The highest BCUT2D eigenvalue weighted by atomic mass is 32.1. The molecule has 0 aliphatic carbocycles. The molecule has 0 atom stereocenters. The highest BCUT2D eigenvalue weighted by Gasteiger charge is 2.22. The van der Waals surface area contributed by atoms with E-state index in [1.165, 1.54) is 15.9 Å². The summed E-state index contributed by atoms with van der Waals surface area (Å²) in [5, 5.41) is 13.8. The number of pyridine rings is 1. The molecule has 2 heterocycles. The number of rotatable bonds is 3. The summed E-state index contributed by atoms with van der Waals surface area (Å²) in [6.45, 7) is 4.08. The van der Waals surface area contributed by atoms with Gasteiger partial charge in [0.05, 0.1) is 5.52 Å². The van der Waals surface area contributed by atoms with Crippen molar-refractivity contribution in [3.63, 3.8) is 0 Å². The number of nitrogens with zero attached hydrogens (tertiary/aromatic N) is 2. The Hall–Kier alpha value is -2.67. The zero-order chi connectivity index (χ0) is 16.6. The first-order valence-electron chi connectivity index (χ1n) is 7.11. The van der Waals surface area contributed by atoms with Gasteiger partial charge in [0.25, 0.3) is 11.5 Å². The van der Waals surface area contributed by atoms with E-state index in [9.17, 15) is 14.7 Å². The van der Waals surface area contributed by atoms with Crippen molar-refractivity contribution < 1.29 is 9.90 Å². The number of hydrogen-bond acceptors (Lipinski definition) is 5. The molecule has 0 aliphatic heterocycles. The zero-order valence-corrected chi connectivity index (χ0v) is 13.5. The number of hydrogen-bond donors (Lipinski definition) is 2. The van der Waals surface area contributed by atoms with Crippen molar-refractivity contribution in [1.82, 2.24) is 9.55 Å². The van der Waals surface area contributed by atoms with Crippen LogP contribution in [0.4, 0.5) is 5.13 Å². The predicted molar refractivity (Wildman–Crippen MR) is 90.4 cm³/mol. The van der Waals surface area contributed by atoms with E-state index in [4.69, 9.17) is 0 Å². The lowest BCUT2D eigenvalue weighted by atomic mass is 10.1. The molecule has 0 fully saturated rings. The molecule has 23 heavy (non-hydrogen) atoms. The third kappa shape index (κ3) is 2.59. The van der Waals surface area contributed by atoms with Gasteiger partial charge in [-0.1, -0.05) is 12.1 Å². The standard InChI is InChI=1S/C16H15N3O3S/c1-3-19-11-7-5-4-6-10(11)13(20)12(15(19)22)14(21)18-16-17-8-9(2)23-16/h4-8,20H,3H2,1-2H3,(H,17,18,21). The van der Waals surface area contributed by atoms with Gasteiger partial charge in [0, 0.05) is 23.0 Å². The Morgan fingerprint density at radius 1 is 1.39 bits per heavy atom. The lowest BCUT2D eigenvalue weighted by Crippen LogP contribution is -2.29. The molecule has 1 aromatic carbocycles. The minimum absolute atomic E-state index is 0.265. The lowest BCUT2D eigenvalue weighted by molar-refractivity contribution is 0.102. The maximum atomic E-state index is 12.6. The first-order valence-corrected chi connectivity index (χ1v) is 7.92. The third-order valence-electron chi connectivity index (χ3n) is 3.53. The number of anilines is 1. The lowest BCUT2D eigenvalue weighted by Gasteiger charge is -2.13. The number of aromatic hydroxyl groups is 1. The van der Waals surface area contributed by atoms with Crippen LogP contribution in [0.2, 0.25) is 0 Å². The van der Waals surface area contributed by atoms with Crippen molar-refractivity contribution in [2.75, 3.05) is 5.32 Å². The van der Waals surface area contributed by atoms with Gasteiger partial charge in [0.1, 0.15) is 11.3 Å². The molecule has 6 nitrogen and oxygen atoms in total. The molecule has 3 aromatic rings. The fourth-order valence-corrected chi connectivity index (χ4v) is 3.14. The molecule has 2 aromatic heterocycles. The predicted octanol–water partition coefficient (Wildman–Crippen LogP) is 2.74. The van der Waals surface area contributed by atoms with Crippen molar-refractivity contribution in [1.29, 1.82) is 0 Å². The highest BCUT2D eigenvalue weighted by Crippen LogP contribution is 2.27. The van der Waals surface area contributed by atoms with Gasteiger partial charge in [-0.3, -0.25) is 14.9 Å². The van der Waals surface area contributed by atoms with E-state index >= 15 is 0 Å². The number of fused-ring (bicyclic) bond motifs is 1. The highest BCUT2D eigenvalue weighted by molar-refractivity contribution is 7.15. The first kappa shape index (κ1) is 15.2. The summed E-state index contributed by atoms with van der Waals surface area (Å²) in [5.74, 6) is -0.962. The van der Waals surface area contributed by atoms with Crippen LogP contribution in [0.1, 0.15) is 22.2 Å². The number of carbonyl (C=O) groups excluding carboxylic acids is 1. The smallest absolute Gasteiger partial charge is 0.267 e. The van der Waals surface area contributed by atoms with Crippen molar-refractivity contribution in [3.8, 4) is 5.75 Å². The van der Waals surface area contributed by atoms with Crippen LogP contribution in [0.3, 0.4) is 0 Å². The minimum atomic E-state index is -0.658. The maximum absolute atomic E-state index is 12.6. The van der Waals surface area contributed by atoms with Gasteiger partial charge in [-0.05, 0) is 26.0 Å². The first-order chi connectivity index (χ1) is 11.0. The van der Waals surface area contributed by atoms with E-state index < -0.39 is 11.5 Å². The van der Waals surface area contributed by atoms with Crippen LogP contribution in [0, 0.1) is 6.92 Å². The topological polar surface area (TPSA) is 84.2 Å². The number of para-hydroxylation sites is 1. The molecular weight excluding hydrogens is 314 g/mol. The van der Waals surface area contributed by atoms with Crippen LogP contribution in [0.15, 0.2) is 35.3 Å². The molecule has 1 amide bonds. The number of thiazole rings is 1. The van der Waals surface area contributed by atoms with Crippen LogP contribution < -0.4 is 10.9 Å². The van der Waals surface area contributed by atoms with Gasteiger partial charge in [0.15, 0.2) is 5.13 Å². The largest absolute Gasteiger partial charge is 0.506 e. The molecule has 0 saturated carbocycles. The molecular formula is C16H15N3O3S. The Balaban J connectivity index is 2.17. The number of nitrogens with one attached hydrogen (secondary N) is 1. The molecule has 0 radical (unpaired) electrons. The van der Waals surface area contributed by atoms with Gasteiger partial charge in [-0.2, -0.15) is 0 Å². The molecule has 0 bridgehead atoms. The number of aryl methyl sites for hydroxylation is 2. The third-order valence-corrected chi connectivity index (χ3v) is 4.36. The normalized spacial score (nSPS) is 10.9. The minimum Gasteiger partial charge on any atom is -0.506 e. The van der Waals surface area contributed by atoms with Crippen molar-refractivity contribution in [3.05, 3.63) is 51.3 Å². The average molecular weight is 329 g/mol. The van der Waals surface area contributed by atoms with Crippen LogP contribution in [-0.2, 0) is 6.54 Å². The summed E-state index contributed by atoms with van der Waals surface area (Å²) in [6.07, 6.45) is 1.63. The van der Waals surface area contributed by atoms with Gasteiger partial charge >= 0.3 is 0 Å². The van der Waals surface area contributed by atoms with Gasteiger partial charge in [-0.25, -0.2) is 4.98 Å². The summed E-state index contributed by atoms with van der Waals surface area (Å²) in [7, 11) is 0. The molecule has 0 saturated heterocycles. The molecule has 3 rings (SSSR count). The number of amides is 1. The molecule has 2 N–H and O–H groups in total. The molecule has 0 spiro atoms. The number of carbonyl (C=O) groups is 1. The Bertz CT molecular complexity index is 959.